The van der Waals surface area contributed by atoms with Gasteiger partial charge in [-0.1, -0.05) is 31.2 Å². The molecular formula is C26H26N4O2S2. The van der Waals surface area contributed by atoms with Crippen LogP contribution in [0.15, 0.2) is 74.5 Å². The molecule has 3 heterocycles. The molecule has 1 fully saturated rings. The van der Waals surface area contributed by atoms with Gasteiger partial charge in [0, 0.05) is 35.6 Å². The number of anilines is 1. The van der Waals surface area contributed by atoms with Crippen LogP contribution in [0.3, 0.4) is 0 Å². The highest BCUT2D eigenvalue weighted by atomic mass is 32.2. The van der Waals surface area contributed by atoms with Crippen molar-refractivity contribution in [3.63, 3.8) is 0 Å². The molecule has 174 valence electrons. The Kier molecular flexibility index (Phi) is 6.52. The van der Waals surface area contributed by atoms with Crippen molar-refractivity contribution in [2.45, 2.75) is 31.6 Å². The summed E-state index contributed by atoms with van der Waals surface area (Å²) in [6, 6.07) is 15.9. The van der Waals surface area contributed by atoms with Gasteiger partial charge in [0.15, 0.2) is 5.17 Å². The number of pyridine rings is 1. The van der Waals surface area contributed by atoms with Crippen LogP contribution in [0.1, 0.15) is 26.7 Å². The number of unbranched alkanes of at least 4 members (excludes halogenated alkanes) is 1. The molecular weight excluding hydrogens is 464 g/mol. The Labute approximate surface area is 208 Å². The van der Waals surface area contributed by atoms with Crippen molar-refractivity contribution < 1.29 is 9.53 Å². The maximum atomic E-state index is 13.7. The molecule has 0 spiro atoms. The van der Waals surface area contributed by atoms with Crippen molar-refractivity contribution in [3.05, 3.63) is 64.7 Å². The normalized spacial score (nSPS) is 18.9. The van der Waals surface area contributed by atoms with Gasteiger partial charge in [-0.05, 0) is 61.5 Å². The summed E-state index contributed by atoms with van der Waals surface area (Å²) >= 11 is 3.11. The van der Waals surface area contributed by atoms with E-state index >= 15 is 0 Å². The van der Waals surface area contributed by atoms with Crippen LogP contribution in [0.25, 0.3) is 10.9 Å². The number of rotatable bonds is 6. The third kappa shape index (κ3) is 4.05. The second kappa shape index (κ2) is 9.72. The molecule has 1 amide bonds. The van der Waals surface area contributed by atoms with Crippen LogP contribution in [0, 0.1) is 0 Å². The van der Waals surface area contributed by atoms with E-state index in [1.54, 1.807) is 25.1 Å². The lowest BCUT2D eigenvalue weighted by Crippen LogP contribution is -2.30. The van der Waals surface area contributed by atoms with Crippen LogP contribution in [0.4, 0.5) is 11.4 Å². The summed E-state index contributed by atoms with van der Waals surface area (Å²) in [5.74, 6) is 0.835. The van der Waals surface area contributed by atoms with E-state index in [-0.39, 0.29) is 5.91 Å². The third-order valence-corrected chi connectivity index (χ3v) is 8.24. The summed E-state index contributed by atoms with van der Waals surface area (Å²) < 4.78 is 5.44. The number of carbonyl (C=O) groups excluding carboxylic acids is 1. The minimum Gasteiger partial charge on any atom is -0.497 e. The monoisotopic (exact) mass is 490 g/mol. The minimum absolute atomic E-state index is 0.0243. The number of ether oxygens (including phenoxy) is 1. The summed E-state index contributed by atoms with van der Waals surface area (Å²) in [5, 5.41) is 2.67. The molecule has 6 nitrogen and oxygen atoms in total. The molecule has 0 atom stereocenters. The molecule has 0 unspecified atom stereocenters. The summed E-state index contributed by atoms with van der Waals surface area (Å²) in [5.41, 5.74) is 2.80. The summed E-state index contributed by atoms with van der Waals surface area (Å²) in [6.07, 6.45) is 3.71. The van der Waals surface area contributed by atoms with Gasteiger partial charge in [0.05, 0.1) is 24.0 Å². The fraction of sp³-hybridized carbons (Fsp3) is 0.269. The van der Waals surface area contributed by atoms with Crippen molar-refractivity contribution in [2.24, 2.45) is 4.99 Å². The van der Waals surface area contributed by atoms with Gasteiger partial charge in [-0.2, -0.15) is 0 Å². The average molecular weight is 491 g/mol. The number of methoxy groups -OCH3 is 1. The highest BCUT2D eigenvalue weighted by molar-refractivity contribution is 8.19. The number of fused-ring (bicyclic) bond motifs is 2. The summed E-state index contributed by atoms with van der Waals surface area (Å²) in [6.45, 7) is 5.65. The Hall–Kier alpha value is -2.97. The third-order valence-electron chi connectivity index (χ3n) is 5.86. The van der Waals surface area contributed by atoms with Crippen molar-refractivity contribution in [1.82, 2.24) is 9.88 Å². The van der Waals surface area contributed by atoms with Gasteiger partial charge in [0.2, 0.25) is 0 Å². The Morgan fingerprint density at radius 1 is 1.06 bits per heavy atom. The van der Waals surface area contributed by atoms with E-state index in [4.69, 9.17) is 9.73 Å². The molecule has 0 N–H and O–H groups in total. The number of amides is 1. The van der Waals surface area contributed by atoms with Crippen LogP contribution in [-0.2, 0) is 4.79 Å². The van der Waals surface area contributed by atoms with Gasteiger partial charge < -0.3 is 9.64 Å². The topological polar surface area (TPSA) is 58.0 Å². The molecule has 34 heavy (non-hydrogen) atoms. The van der Waals surface area contributed by atoms with E-state index in [9.17, 15) is 4.79 Å². The molecule has 3 aromatic rings. The maximum Gasteiger partial charge on any atom is 0.269 e. The lowest BCUT2D eigenvalue weighted by Gasteiger charge is -2.19. The zero-order chi connectivity index (χ0) is 23.7. The Morgan fingerprint density at radius 3 is 2.74 bits per heavy atom. The lowest BCUT2D eigenvalue weighted by atomic mass is 10.2. The average Bonchev–Trinajstić information content (AvgIpc) is 3.38. The fourth-order valence-electron chi connectivity index (χ4n) is 4.09. The summed E-state index contributed by atoms with van der Waals surface area (Å²) in [4.78, 5) is 29.0. The number of hydrogen-bond donors (Lipinski definition) is 0. The number of carbonyl (C=O) groups is 1. The SMILES string of the molecule is CCCCN1C(=O)C(=C2Sc3ccc(OC)cc3N2CC)SC1=Nc1cccc2ncccc12. The lowest BCUT2D eigenvalue weighted by molar-refractivity contribution is -0.122. The van der Waals surface area contributed by atoms with E-state index in [2.05, 4.69) is 29.8 Å². The zero-order valence-corrected chi connectivity index (χ0v) is 21.1. The zero-order valence-electron chi connectivity index (χ0n) is 19.4. The standard InChI is InChI=1S/C26H26N4O2S2/c1-4-6-15-30-24(31)23(25-29(5-2)21-16-17(32-3)12-13-22(21)33-25)34-26(30)28-20-11-7-10-19-18(20)9-8-14-27-19/h7-14,16H,4-6,15H2,1-3H3. The Balaban J connectivity index is 1.58. The molecule has 1 saturated heterocycles. The molecule has 8 heteroatoms. The molecule has 0 aliphatic carbocycles. The number of nitrogens with zero attached hydrogens (tertiary/aromatic N) is 4. The van der Waals surface area contributed by atoms with Crippen LogP contribution in [0.2, 0.25) is 0 Å². The van der Waals surface area contributed by atoms with Crippen LogP contribution >= 0.6 is 23.5 Å². The van der Waals surface area contributed by atoms with Crippen molar-refractivity contribution in [3.8, 4) is 5.75 Å². The second-order valence-corrected chi connectivity index (χ2v) is 9.98. The number of hydrogen-bond acceptors (Lipinski definition) is 7. The van der Waals surface area contributed by atoms with Gasteiger partial charge >= 0.3 is 0 Å². The van der Waals surface area contributed by atoms with Crippen LogP contribution in [-0.4, -0.2) is 41.2 Å². The molecule has 2 aliphatic heterocycles. The van der Waals surface area contributed by atoms with E-state index in [1.807, 2.05) is 47.4 Å². The van der Waals surface area contributed by atoms with Gasteiger partial charge in [-0.3, -0.25) is 14.7 Å². The number of aliphatic imine (C=N–C) groups is 1. The van der Waals surface area contributed by atoms with E-state index in [1.165, 1.54) is 11.8 Å². The number of thioether (sulfide) groups is 2. The van der Waals surface area contributed by atoms with E-state index < -0.39 is 0 Å². The van der Waals surface area contributed by atoms with Gasteiger partial charge in [-0.15, -0.1) is 0 Å². The molecule has 2 aliphatic rings. The molecule has 0 saturated carbocycles. The summed E-state index contributed by atoms with van der Waals surface area (Å²) in [7, 11) is 1.67. The van der Waals surface area contributed by atoms with E-state index in [0.29, 0.717) is 6.54 Å². The Bertz CT molecular complexity index is 1320. The highest BCUT2D eigenvalue weighted by Gasteiger charge is 2.39. The first kappa shape index (κ1) is 22.8. The second-order valence-electron chi connectivity index (χ2n) is 7.97. The predicted octanol–water partition coefficient (Wildman–Crippen LogP) is 6.41. The first-order valence-corrected chi connectivity index (χ1v) is 13.1. The number of benzene rings is 2. The fourth-order valence-corrected chi connectivity index (χ4v) is 6.48. The molecule has 0 radical (unpaired) electrons. The quantitative estimate of drug-likeness (QED) is 0.372. The largest absolute Gasteiger partial charge is 0.497 e. The van der Waals surface area contributed by atoms with Gasteiger partial charge in [0.25, 0.3) is 5.91 Å². The number of amidine groups is 1. The first-order valence-electron chi connectivity index (χ1n) is 11.4. The Morgan fingerprint density at radius 2 is 1.94 bits per heavy atom. The van der Waals surface area contributed by atoms with Crippen molar-refractivity contribution in [2.75, 3.05) is 25.1 Å². The van der Waals surface area contributed by atoms with Crippen LogP contribution < -0.4 is 9.64 Å². The predicted molar refractivity (Wildman–Crippen MR) is 142 cm³/mol. The number of aromatic nitrogens is 1. The van der Waals surface area contributed by atoms with Crippen molar-refractivity contribution in [1.29, 1.82) is 0 Å². The first-order chi connectivity index (χ1) is 16.6. The van der Waals surface area contributed by atoms with Gasteiger partial charge in [-0.25, -0.2) is 4.99 Å². The minimum atomic E-state index is 0.0243. The molecule has 5 rings (SSSR count). The molecule has 0 bridgehead atoms. The molecule has 1 aromatic heterocycles. The van der Waals surface area contributed by atoms with E-state index in [0.717, 1.165) is 67.4 Å². The van der Waals surface area contributed by atoms with Crippen molar-refractivity contribution >= 4 is 56.9 Å². The van der Waals surface area contributed by atoms with Gasteiger partial charge in [0.1, 0.15) is 15.7 Å². The smallest absolute Gasteiger partial charge is 0.269 e. The highest BCUT2D eigenvalue weighted by Crippen LogP contribution is 2.51. The molecule has 2 aromatic carbocycles. The van der Waals surface area contributed by atoms with Crippen LogP contribution in [0.5, 0.6) is 5.75 Å². The maximum absolute atomic E-state index is 13.7.